The van der Waals surface area contributed by atoms with E-state index in [0.29, 0.717) is 0 Å². The molecule has 7 nitrogen and oxygen atoms in total. The smallest absolute Gasteiger partial charge is 0.217 e. The van der Waals surface area contributed by atoms with E-state index in [2.05, 4.69) is 5.32 Å². The number of rotatable bonds is 7. The van der Waals surface area contributed by atoms with Gasteiger partial charge in [-0.25, -0.2) is 0 Å². The SMILES string of the molecule is CC(=O)N[C@@H](C)[C@H](O)OC(CO)[C@@H](O)CO. The molecule has 7 heteroatoms. The van der Waals surface area contributed by atoms with Gasteiger partial charge in [0.2, 0.25) is 5.91 Å². The molecule has 0 bridgehead atoms. The Kier molecular flexibility index (Phi) is 7.18. The third-order valence-electron chi connectivity index (χ3n) is 1.97. The van der Waals surface area contributed by atoms with Gasteiger partial charge in [0.25, 0.3) is 0 Å². The van der Waals surface area contributed by atoms with Crippen LogP contribution in [-0.4, -0.2) is 64.1 Å². The molecule has 16 heavy (non-hydrogen) atoms. The molecule has 0 heterocycles. The lowest BCUT2D eigenvalue weighted by Gasteiger charge is -2.26. The number of carbonyl (C=O) groups is 1. The van der Waals surface area contributed by atoms with Gasteiger partial charge >= 0.3 is 0 Å². The van der Waals surface area contributed by atoms with Crippen LogP contribution in [-0.2, 0) is 9.53 Å². The van der Waals surface area contributed by atoms with Crippen molar-refractivity contribution in [3.8, 4) is 0 Å². The number of ether oxygens (including phenoxy) is 1. The zero-order valence-electron chi connectivity index (χ0n) is 9.33. The largest absolute Gasteiger partial charge is 0.394 e. The van der Waals surface area contributed by atoms with Crippen LogP contribution >= 0.6 is 0 Å². The van der Waals surface area contributed by atoms with Crippen molar-refractivity contribution in [1.29, 1.82) is 0 Å². The molecule has 5 N–H and O–H groups in total. The molecule has 0 saturated carbocycles. The predicted octanol–water partition coefficient (Wildman–Crippen LogP) is -2.44. The van der Waals surface area contributed by atoms with Crippen LogP contribution in [0.15, 0.2) is 0 Å². The molecule has 0 aromatic heterocycles. The molecular formula is C9H19NO6. The summed E-state index contributed by atoms with van der Waals surface area (Å²) in [5, 5.41) is 38.5. The van der Waals surface area contributed by atoms with Crippen LogP contribution in [0.2, 0.25) is 0 Å². The fraction of sp³-hybridized carbons (Fsp3) is 0.889. The predicted molar refractivity (Wildman–Crippen MR) is 54.3 cm³/mol. The molecule has 0 saturated heterocycles. The highest BCUT2D eigenvalue weighted by molar-refractivity contribution is 5.73. The average Bonchev–Trinajstić information content (AvgIpc) is 2.23. The molecule has 0 spiro atoms. The Morgan fingerprint density at radius 2 is 1.88 bits per heavy atom. The molecule has 0 radical (unpaired) electrons. The van der Waals surface area contributed by atoms with Gasteiger partial charge < -0.3 is 30.5 Å². The van der Waals surface area contributed by atoms with Crippen molar-refractivity contribution < 1.29 is 30.0 Å². The van der Waals surface area contributed by atoms with E-state index in [9.17, 15) is 15.0 Å². The first-order valence-electron chi connectivity index (χ1n) is 4.92. The van der Waals surface area contributed by atoms with Gasteiger partial charge in [-0.2, -0.15) is 0 Å². The van der Waals surface area contributed by atoms with Crippen LogP contribution in [0.1, 0.15) is 13.8 Å². The summed E-state index contributed by atoms with van der Waals surface area (Å²) >= 11 is 0. The Hall–Kier alpha value is -0.730. The second-order valence-corrected chi connectivity index (χ2v) is 3.49. The average molecular weight is 237 g/mol. The Balaban J connectivity index is 4.18. The van der Waals surface area contributed by atoms with Crippen molar-refractivity contribution in [2.75, 3.05) is 13.2 Å². The van der Waals surface area contributed by atoms with Crippen molar-refractivity contribution in [1.82, 2.24) is 5.32 Å². The van der Waals surface area contributed by atoms with Gasteiger partial charge in [0.1, 0.15) is 12.2 Å². The number of hydrogen-bond donors (Lipinski definition) is 5. The summed E-state index contributed by atoms with van der Waals surface area (Å²) in [5.41, 5.74) is 0. The van der Waals surface area contributed by atoms with Crippen molar-refractivity contribution in [3.05, 3.63) is 0 Å². The van der Waals surface area contributed by atoms with E-state index in [1.807, 2.05) is 0 Å². The summed E-state index contributed by atoms with van der Waals surface area (Å²) < 4.78 is 4.90. The van der Waals surface area contributed by atoms with Crippen LogP contribution in [0.4, 0.5) is 0 Å². The van der Waals surface area contributed by atoms with E-state index in [-0.39, 0.29) is 5.91 Å². The second kappa shape index (κ2) is 7.53. The van der Waals surface area contributed by atoms with Crippen LogP contribution < -0.4 is 5.32 Å². The van der Waals surface area contributed by atoms with E-state index >= 15 is 0 Å². The van der Waals surface area contributed by atoms with Gasteiger partial charge in [-0.05, 0) is 6.92 Å². The minimum atomic E-state index is -1.37. The Labute approximate surface area is 93.7 Å². The zero-order chi connectivity index (χ0) is 12.7. The molecular weight excluding hydrogens is 218 g/mol. The number of nitrogens with one attached hydrogen (secondary N) is 1. The van der Waals surface area contributed by atoms with Gasteiger partial charge in [-0.3, -0.25) is 4.79 Å². The summed E-state index contributed by atoms with van der Waals surface area (Å²) in [6, 6.07) is -0.683. The van der Waals surface area contributed by atoms with Crippen LogP contribution in [0.5, 0.6) is 0 Å². The number of carbonyl (C=O) groups excluding carboxylic acids is 1. The molecule has 0 fully saturated rings. The second-order valence-electron chi connectivity index (χ2n) is 3.49. The third kappa shape index (κ3) is 5.38. The van der Waals surface area contributed by atoms with E-state index in [1.165, 1.54) is 13.8 Å². The molecule has 96 valence electrons. The molecule has 0 rings (SSSR count). The van der Waals surface area contributed by atoms with Crippen LogP contribution in [0.25, 0.3) is 0 Å². The van der Waals surface area contributed by atoms with Gasteiger partial charge in [0.05, 0.1) is 19.3 Å². The van der Waals surface area contributed by atoms with E-state index in [0.717, 1.165) is 0 Å². The highest BCUT2D eigenvalue weighted by Crippen LogP contribution is 2.05. The van der Waals surface area contributed by atoms with Crippen LogP contribution in [0, 0.1) is 0 Å². The lowest BCUT2D eigenvalue weighted by molar-refractivity contribution is -0.191. The van der Waals surface area contributed by atoms with E-state index < -0.39 is 37.8 Å². The van der Waals surface area contributed by atoms with Crippen molar-refractivity contribution in [2.45, 2.75) is 38.4 Å². The van der Waals surface area contributed by atoms with Crippen molar-refractivity contribution >= 4 is 5.91 Å². The highest BCUT2D eigenvalue weighted by atomic mass is 16.6. The maximum Gasteiger partial charge on any atom is 0.217 e. The molecule has 4 atom stereocenters. The maximum atomic E-state index is 10.7. The molecule has 1 amide bonds. The minimum absolute atomic E-state index is 0.335. The van der Waals surface area contributed by atoms with Gasteiger partial charge in [-0.1, -0.05) is 0 Å². The quantitative estimate of drug-likeness (QED) is 0.314. The molecule has 0 aromatic rings. The van der Waals surface area contributed by atoms with Crippen molar-refractivity contribution in [3.63, 3.8) is 0 Å². The zero-order valence-corrected chi connectivity index (χ0v) is 9.33. The molecule has 0 aliphatic heterocycles. The lowest BCUT2D eigenvalue weighted by atomic mass is 10.2. The number of aliphatic hydroxyl groups is 4. The van der Waals surface area contributed by atoms with E-state index in [1.54, 1.807) is 0 Å². The molecule has 0 aliphatic carbocycles. The minimum Gasteiger partial charge on any atom is -0.394 e. The summed E-state index contributed by atoms with van der Waals surface area (Å²) in [6.45, 7) is 1.65. The van der Waals surface area contributed by atoms with Gasteiger partial charge in [0, 0.05) is 6.92 Å². The fourth-order valence-electron chi connectivity index (χ4n) is 1.06. The summed E-state index contributed by atoms with van der Waals surface area (Å²) in [4.78, 5) is 10.7. The first kappa shape index (κ1) is 15.3. The van der Waals surface area contributed by atoms with Gasteiger partial charge in [0.15, 0.2) is 6.29 Å². The third-order valence-corrected chi connectivity index (χ3v) is 1.97. The topological polar surface area (TPSA) is 119 Å². The normalized spacial score (nSPS) is 18.6. The first-order valence-corrected chi connectivity index (χ1v) is 4.92. The number of amides is 1. The Bertz CT molecular complexity index is 212. The summed E-state index contributed by atoms with van der Waals surface area (Å²) in [7, 11) is 0. The first-order chi connectivity index (χ1) is 7.42. The summed E-state index contributed by atoms with van der Waals surface area (Å²) in [6.07, 6.45) is -3.76. The molecule has 1 unspecified atom stereocenters. The fourth-order valence-corrected chi connectivity index (χ4v) is 1.06. The molecule has 0 aliphatic rings. The maximum absolute atomic E-state index is 10.7. The Morgan fingerprint density at radius 1 is 1.31 bits per heavy atom. The highest BCUT2D eigenvalue weighted by Gasteiger charge is 2.25. The van der Waals surface area contributed by atoms with E-state index in [4.69, 9.17) is 14.9 Å². The standard InChI is InChI=1S/C9H19NO6/c1-5(10-6(2)13)9(15)16-8(4-12)7(14)3-11/h5,7-9,11-12,14-15H,3-4H2,1-2H3,(H,10,13)/t5-,7-,8?,9+/m0/s1. The van der Waals surface area contributed by atoms with Crippen molar-refractivity contribution in [2.24, 2.45) is 0 Å². The number of aliphatic hydroxyl groups excluding tert-OH is 4. The monoisotopic (exact) mass is 237 g/mol. The lowest BCUT2D eigenvalue weighted by Crippen LogP contribution is -2.46. The van der Waals surface area contributed by atoms with Gasteiger partial charge in [-0.15, -0.1) is 0 Å². The molecule has 0 aromatic carbocycles. The number of hydrogen-bond acceptors (Lipinski definition) is 6. The summed E-state index contributed by atoms with van der Waals surface area (Å²) in [5.74, 6) is -0.335. The Morgan fingerprint density at radius 3 is 2.25 bits per heavy atom. The van der Waals surface area contributed by atoms with Crippen LogP contribution in [0.3, 0.4) is 0 Å².